The fourth-order valence-corrected chi connectivity index (χ4v) is 2.64. The fourth-order valence-electron chi connectivity index (χ4n) is 2.64. The lowest BCUT2D eigenvalue weighted by Crippen LogP contribution is -2.50. The summed E-state index contributed by atoms with van der Waals surface area (Å²) in [6.45, 7) is 15.0. The third-order valence-electron chi connectivity index (χ3n) is 3.94. The maximum atomic E-state index is 8.85. The molecule has 0 unspecified atom stereocenters. The Kier molecular flexibility index (Phi) is 15.8. The summed E-state index contributed by atoms with van der Waals surface area (Å²) >= 11 is 0. The SMILES string of the molecule is CCCC[N+](CCCC)(CCCC)CCCC.[NH-]S(=O)(=O)O. The number of unbranched alkanes of at least 4 members (excludes halogenated alkanes) is 4. The number of rotatable bonds is 12. The van der Waals surface area contributed by atoms with Crippen LogP contribution in [0.3, 0.4) is 0 Å². The van der Waals surface area contributed by atoms with Gasteiger partial charge >= 0.3 is 0 Å². The zero-order chi connectivity index (χ0) is 17.5. The zero-order valence-electron chi connectivity index (χ0n) is 15.1. The Labute approximate surface area is 138 Å². The van der Waals surface area contributed by atoms with Crippen LogP contribution in [0.1, 0.15) is 79.1 Å². The van der Waals surface area contributed by atoms with Gasteiger partial charge in [-0.15, -0.1) is 0 Å². The van der Waals surface area contributed by atoms with Gasteiger partial charge in [0.25, 0.3) is 0 Å². The lowest BCUT2D eigenvalue weighted by molar-refractivity contribution is -0.929. The minimum Gasteiger partial charge on any atom is -0.540 e. The van der Waals surface area contributed by atoms with Gasteiger partial charge in [-0.2, -0.15) is 0 Å². The molecule has 0 saturated carbocycles. The molecule has 0 atom stereocenters. The molecule has 2 N–H and O–H groups in total. The Hall–Kier alpha value is -0.170. The smallest absolute Gasteiger partial charge is 0.186 e. The van der Waals surface area contributed by atoms with E-state index in [2.05, 4.69) is 27.7 Å². The van der Waals surface area contributed by atoms with Crippen molar-refractivity contribution in [2.75, 3.05) is 26.2 Å². The molecule has 0 rings (SSSR count). The third-order valence-corrected chi connectivity index (χ3v) is 3.94. The van der Waals surface area contributed by atoms with Gasteiger partial charge in [-0.1, -0.05) is 53.4 Å². The molecule has 0 radical (unpaired) electrons. The van der Waals surface area contributed by atoms with E-state index in [4.69, 9.17) is 18.1 Å². The molecule has 0 amide bonds. The zero-order valence-corrected chi connectivity index (χ0v) is 15.9. The van der Waals surface area contributed by atoms with Crippen LogP contribution < -0.4 is 0 Å². The van der Waals surface area contributed by atoms with E-state index < -0.39 is 10.3 Å². The molecular formula is C16H38N2O3S. The molecule has 0 fully saturated rings. The normalized spacial score (nSPS) is 11.9. The monoisotopic (exact) mass is 338 g/mol. The summed E-state index contributed by atoms with van der Waals surface area (Å²) in [5.74, 6) is 0. The first-order valence-corrected chi connectivity index (χ1v) is 10.3. The quantitative estimate of drug-likeness (QED) is 0.408. The standard InChI is InChI=1S/C16H36N.H2NO3S/c1-5-9-13-17(14-10-6-2,15-11-7-3)16-12-8-4;1-5(2,3)4/h5-16H2,1-4H3;(H2-,1,2,3,4)/q+1;-1. The van der Waals surface area contributed by atoms with Crippen LogP contribution in [0.5, 0.6) is 0 Å². The number of quaternary nitrogens is 1. The topological polar surface area (TPSA) is 78.2 Å². The van der Waals surface area contributed by atoms with Crippen molar-refractivity contribution in [3.63, 3.8) is 0 Å². The van der Waals surface area contributed by atoms with Gasteiger partial charge < -0.3 is 9.62 Å². The average molecular weight is 339 g/mol. The summed E-state index contributed by atoms with van der Waals surface area (Å²) in [6, 6.07) is 0. The van der Waals surface area contributed by atoms with Crippen molar-refractivity contribution in [1.29, 1.82) is 0 Å². The van der Waals surface area contributed by atoms with Crippen molar-refractivity contribution in [3.05, 3.63) is 5.14 Å². The van der Waals surface area contributed by atoms with Crippen LogP contribution in [-0.2, 0) is 10.3 Å². The van der Waals surface area contributed by atoms with Gasteiger partial charge in [0, 0.05) is 0 Å². The molecule has 0 heterocycles. The van der Waals surface area contributed by atoms with Crippen molar-refractivity contribution in [2.24, 2.45) is 0 Å². The Morgan fingerprint density at radius 3 is 1.05 bits per heavy atom. The summed E-state index contributed by atoms with van der Waals surface area (Å²) in [5, 5.41) is 5.47. The van der Waals surface area contributed by atoms with Gasteiger partial charge in [0.15, 0.2) is 10.3 Å². The van der Waals surface area contributed by atoms with Gasteiger partial charge in [0.05, 0.1) is 26.2 Å². The molecule has 136 valence electrons. The van der Waals surface area contributed by atoms with Crippen molar-refractivity contribution in [2.45, 2.75) is 79.1 Å². The lowest BCUT2D eigenvalue weighted by atomic mass is 10.1. The second-order valence-electron chi connectivity index (χ2n) is 6.13. The summed E-state index contributed by atoms with van der Waals surface area (Å²) in [5.41, 5.74) is 0. The molecule has 0 bridgehead atoms. The number of nitrogens with one attached hydrogen (secondary N) is 1. The largest absolute Gasteiger partial charge is 0.540 e. The van der Waals surface area contributed by atoms with E-state index in [9.17, 15) is 0 Å². The maximum Gasteiger partial charge on any atom is 0.186 e. The van der Waals surface area contributed by atoms with E-state index in [1.807, 2.05) is 0 Å². The second kappa shape index (κ2) is 14.4. The van der Waals surface area contributed by atoms with E-state index in [0.717, 1.165) is 0 Å². The molecule has 0 aliphatic heterocycles. The van der Waals surface area contributed by atoms with Gasteiger partial charge in [-0.25, -0.2) is 8.42 Å². The van der Waals surface area contributed by atoms with E-state index in [1.165, 1.54) is 82.0 Å². The Bertz CT molecular complexity index is 287. The predicted molar refractivity (Wildman–Crippen MR) is 95.2 cm³/mol. The van der Waals surface area contributed by atoms with Crippen LogP contribution >= 0.6 is 0 Å². The molecular weight excluding hydrogens is 300 g/mol. The highest BCUT2D eigenvalue weighted by Gasteiger charge is 2.24. The highest BCUT2D eigenvalue weighted by molar-refractivity contribution is 7.87. The summed E-state index contributed by atoms with van der Waals surface area (Å²) < 4.78 is 26.3. The van der Waals surface area contributed by atoms with E-state index >= 15 is 0 Å². The Morgan fingerprint density at radius 1 is 0.727 bits per heavy atom. The molecule has 22 heavy (non-hydrogen) atoms. The van der Waals surface area contributed by atoms with Crippen LogP contribution in [0.15, 0.2) is 0 Å². The molecule has 0 spiro atoms. The van der Waals surface area contributed by atoms with Crippen LogP contribution in [0.4, 0.5) is 0 Å². The average Bonchev–Trinajstić information content (AvgIpc) is 2.44. The van der Waals surface area contributed by atoms with Crippen LogP contribution in [0.2, 0.25) is 0 Å². The summed E-state index contributed by atoms with van der Waals surface area (Å²) in [7, 11) is -4.42. The van der Waals surface area contributed by atoms with Gasteiger partial charge in [0.2, 0.25) is 0 Å². The fraction of sp³-hybridized carbons (Fsp3) is 1.00. The molecule has 5 nitrogen and oxygen atoms in total. The number of hydrogen-bond acceptors (Lipinski definition) is 2. The third kappa shape index (κ3) is 17.9. The van der Waals surface area contributed by atoms with Crippen molar-refractivity contribution in [1.82, 2.24) is 0 Å². The summed E-state index contributed by atoms with van der Waals surface area (Å²) in [6.07, 6.45) is 11.1. The van der Waals surface area contributed by atoms with Gasteiger partial charge in [-0.3, -0.25) is 4.55 Å². The van der Waals surface area contributed by atoms with Crippen molar-refractivity contribution < 1.29 is 17.5 Å². The Balaban J connectivity index is 0. The minimum absolute atomic E-state index is 1.35. The van der Waals surface area contributed by atoms with Gasteiger partial charge in [0.1, 0.15) is 0 Å². The van der Waals surface area contributed by atoms with Crippen molar-refractivity contribution >= 4 is 10.3 Å². The summed E-state index contributed by atoms with van der Waals surface area (Å²) in [4.78, 5) is 0. The van der Waals surface area contributed by atoms with Crippen LogP contribution in [-0.4, -0.2) is 43.6 Å². The molecule has 0 saturated heterocycles. The number of nitrogens with zero attached hydrogens (tertiary/aromatic N) is 1. The first-order chi connectivity index (χ1) is 10.2. The second-order valence-corrected chi connectivity index (χ2v) is 7.08. The molecule has 0 aliphatic rings. The first-order valence-electron chi connectivity index (χ1n) is 8.81. The lowest BCUT2D eigenvalue weighted by Gasteiger charge is -2.39. The molecule has 0 aliphatic carbocycles. The van der Waals surface area contributed by atoms with Crippen molar-refractivity contribution in [3.8, 4) is 0 Å². The first kappa shape index (κ1) is 24.1. The molecule has 0 aromatic rings. The van der Waals surface area contributed by atoms with Gasteiger partial charge in [-0.05, 0) is 25.7 Å². The minimum atomic E-state index is -4.42. The molecule has 0 aromatic carbocycles. The Morgan fingerprint density at radius 2 is 0.909 bits per heavy atom. The van der Waals surface area contributed by atoms with Crippen LogP contribution in [0.25, 0.3) is 5.14 Å². The predicted octanol–water partition coefficient (Wildman–Crippen LogP) is 4.85. The van der Waals surface area contributed by atoms with E-state index in [-0.39, 0.29) is 0 Å². The highest BCUT2D eigenvalue weighted by Crippen LogP contribution is 2.16. The number of hydrogen-bond donors (Lipinski definition) is 1. The van der Waals surface area contributed by atoms with E-state index in [0.29, 0.717) is 0 Å². The van der Waals surface area contributed by atoms with Crippen LogP contribution in [0, 0.1) is 0 Å². The highest BCUT2D eigenvalue weighted by atomic mass is 32.2. The van der Waals surface area contributed by atoms with E-state index in [1.54, 1.807) is 0 Å². The molecule has 6 heteroatoms. The molecule has 0 aromatic heterocycles. The maximum absolute atomic E-state index is 8.85.